The molecule has 66 valence electrons. The minimum atomic E-state index is -0.133. The number of aromatic hydroxyl groups is 1. The first-order chi connectivity index (χ1) is 5.74. The minimum Gasteiger partial charge on any atom is -0.508 e. The standard InChI is InChI=1S/C8H11NO3/c10-5-4-9(12)7-2-1-3-8(11)6-7/h1-3,6,10-12H,4-5H2. The maximum absolute atomic E-state index is 9.21. The summed E-state index contributed by atoms with van der Waals surface area (Å²) in [7, 11) is 0. The molecule has 0 aromatic heterocycles. The van der Waals surface area contributed by atoms with Gasteiger partial charge in [-0.25, -0.2) is 0 Å². The molecule has 1 rings (SSSR count). The van der Waals surface area contributed by atoms with Crippen LogP contribution in [-0.2, 0) is 0 Å². The maximum atomic E-state index is 9.21. The van der Waals surface area contributed by atoms with Crippen LogP contribution in [0.15, 0.2) is 24.3 Å². The zero-order valence-electron chi connectivity index (χ0n) is 6.51. The zero-order chi connectivity index (χ0) is 8.97. The molecule has 3 N–H and O–H groups in total. The van der Waals surface area contributed by atoms with Crippen molar-refractivity contribution in [1.29, 1.82) is 0 Å². The van der Waals surface area contributed by atoms with E-state index in [-0.39, 0.29) is 18.9 Å². The normalized spacial score (nSPS) is 9.83. The van der Waals surface area contributed by atoms with Crippen LogP contribution < -0.4 is 5.06 Å². The lowest BCUT2D eigenvalue weighted by molar-refractivity contribution is 0.210. The maximum Gasteiger partial charge on any atom is 0.117 e. The Morgan fingerprint density at radius 1 is 1.33 bits per heavy atom. The molecule has 1 aromatic carbocycles. The fraction of sp³-hybridized carbons (Fsp3) is 0.250. The van der Waals surface area contributed by atoms with Gasteiger partial charge in [-0.2, -0.15) is 0 Å². The first-order valence-corrected chi connectivity index (χ1v) is 3.60. The molecule has 0 aliphatic rings. The molecule has 0 spiro atoms. The Morgan fingerprint density at radius 2 is 2.08 bits per heavy atom. The predicted molar refractivity (Wildman–Crippen MR) is 44.3 cm³/mol. The number of aliphatic hydroxyl groups excluding tert-OH is 1. The molecule has 0 aliphatic heterocycles. The first-order valence-electron chi connectivity index (χ1n) is 3.60. The Morgan fingerprint density at radius 3 is 2.67 bits per heavy atom. The molecule has 1 aromatic rings. The van der Waals surface area contributed by atoms with Gasteiger partial charge >= 0.3 is 0 Å². The lowest BCUT2D eigenvalue weighted by Crippen LogP contribution is -2.21. The second-order valence-electron chi connectivity index (χ2n) is 2.37. The smallest absolute Gasteiger partial charge is 0.117 e. The second kappa shape index (κ2) is 3.94. The molecule has 4 heteroatoms. The van der Waals surface area contributed by atoms with E-state index in [9.17, 15) is 5.21 Å². The molecule has 0 atom stereocenters. The van der Waals surface area contributed by atoms with Crippen LogP contribution in [0.3, 0.4) is 0 Å². The second-order valence-corrected chi connectivity index (χ2v) is 2.37. The van der Waals surface area contributed by atoms with Crippen LogP contribution in [0.1, 0.15) is 0 Å². The molecule has 0 aliphatic carbocycles. The van der Waals surface area contributed by atoms with Gasteiger partial charge < -0.3 is 10.2 Å². The van der Waals surface area contributed by atoms with Crippen LogP contribution >= 0.6 is 0 Å². The highest BCUT2D eigenvalue weighted by atomic mass is 16.5. The van der Waals surface area contributed by atoms with E-state index in [2.05, 4.69) is 0 Å². The molecular formula is C8H11NO3. The van der Waals surface area contributed by atoms with Gasteiger partial charge in [0, 0.05) is 6.07 Å². The largest absolute Gasteiger partial charge is 0.508 e. The van der Waals surface area contributed by atoms with Crippen molar-refractivity contribution in [3.63, 3.8) is 0 Å². The fourth-order valence-corrected chi connectivity index (χ4v) is 0.877. The Hall–Kier alpha value is -1.26. The van der Waals surface area contributed by atoms with Crippen LogP contribution in [-0.4, -0.2) is 28.6 Å². The predicted octanol–water partition coefficient (Wildman–Crippen LogP) is 0.580. The van der Waals surface area contributed by atoms with E-state index in [1.807, 2.05) is 0 Å². The summed E-state index contributed by atoms with van der Waals surface area (Å²) in [5.74, 6) is 0.0875. The summed E-state index contributed by atoms with van der Waals surface area (Å²) in [5, 5.41) is 27.6. The molecule has 0 heterocycles. The van der Waals surface area contributed by atoms with Gasteiger partial charge in [0.15, 0.2) is 0 Å². The van der Waals surface area contributed by atoms with Crippen molar-refractivity contribution in [3.8, 4) is 5.75 Å². The number of anilines is 1. The van der Waals surface area contributed by atoms with Crippen molar-refractivity contribution in [2.45, 2.75) is 0 Å². The summed E-state index contributed by atoms with van der Waals surface area (Å²) in [4.78, 5) is 0. The summed E-state index contributed by atoms with van der Waals surface area (Å²) >= 11 is 0. The Labute approximate surface area is 70.3 Å². The van der Waals surface area contributed by atoms with Gasteiger partial charge in [-0.1, -0.05) is 6.07 Å². The minimum absolute atomic E-state index is 0.0875. The van der Waals surface area contributed by atoms with E-state index < -0.39 is 0 Å². The molecule has 0 saturated carbocycles. The van der Waals surface area contributed by atoms with E-state index in [1.165, 1.54) is 12.1 Å². The summed E-state index contributed by atoms with van der Waals surface area (Å²) in [5.41, 5.74) is 0.462. The van der Waals surface area contributed by atoms with Gasteiger partial charge in [-0.05, 0) is 12.1 Å². The lowest BCUT2D eigenvalue weighted by Gasteiger charge is -2.14. The van der Waals surface area contributed by atoms with Crippen molar-refractivity contribution >= 4 is 5.69 Å². The molecule has 12 heavy (non-hydrogen) atoms. The van der Waals surface area contributed by atoms with Gasteiger partial charge in [0.1, 0.15) is 5.75 Å². The Bertz CT molecular complexity index is 252. The number of hydrogen-bond acceptors (Lipinski definition) is 4. The van der Waals surface area contributed by atoms with E-state index in [0.29, 0.717) is 5.69 Å². The third-order valence-corrected chi connectivity index (χ3v) is 1.44. The van der Waals surface area contributed by atoms with Crippen molar-refractivity contribution < 1.29 is 15.4 Å². The summed E-state index contributed by atoms with van der Waals surface area (Å²) in [6, 6.07) is 6.17. The Balaban J connectivity index is 2.73. The van der Waals surface area contributed by atoms with E-state index in [0.717, 1.165) is 5.06 Å². The first kappa shape index (κ1) is 8.83. The zero-order valence-corrected chi connectivity index (χ0v) is 6.51. The number of phenolic OH excluding ortho intramolecular Hbond substituents is 1. The molecule has 0 amide bonds. The number of aliphatic hydroxyl groups is 1. The molecule has 0 bridgehead atoms. The number of hydroxylamine groups is 1. The molecule has 0 radical (unpaired) electrons. The molecule has 0 fully saturated rings. The quantitative estimate of drug-likeness (QED) is 0.579. The average Bonchev–Trinajstić information content (AvgIpc) is 2.05. The number of phenols is 1. The third-order valence-electron chi connectivity index (χ3n) is 1.44. The highest BCUT2D eigenvalue weighted by Gasteiger charge is 2.01. The van der Waals surface area contributed by atoms with Crippen LogP contribution in [0, 0.1) is 0 Å². The lowest BCUT2D eigenvalue weighted by atomic mass is 10.3. The highest BCUT2D eigenvalue weighted by molar-refractivity contribution is 5.47. The third kappa shape index (κ3) is 2.11. The van der Waals surface area contributed by atoms with Crippen molar-refractivity contribution in [2.24, 2.45) is 0 Å². The average molecular weight is 169 g/mol. The van der Waals surface area contributed by atoms with Gasteiger partial charge in [0.2, 0.25) is 0 Å². The van der Waals surface area contributed by atoms with E-state index >= 15 is 0 Å². The van der Waals surface area contributed by atoms with Gasteiger partial charge in [-0.15, -0.1) is 0 Å². The van der Waals surface area contributed by atoms with Crippen LogP contribution in [0.5, 0.6) is 5.75 Å². The molecule has 0 saturated heterocycles. The van der Waals surface area contributed by atoms with Crippen molar-refractivity contribution in [2.75, 3.05) is 18.2 Å². The molecule has 0 unspecified atom stereocenters. The van der Waals surface area contributed by atoms with E-state index in [4.69, 9.17) is 10.2 Å². The van der Waals surface area contributed by atoms with Crippen molar-refractivity contribution in [3.05, 3.63) is 24.3 Å². The summed E-state index contributed by atoms with van der Waals surface area (Å²) in [6.07, 6.45) is 0. The molecule has 4 nitrogen and oxygen atoms in total. The summed E-state index contributed by atoms with van der Waals surface area (Å²) in [6.45, 7) is -0.00436. The van der Waals surface area contributed by atoms with Gasteiger partial charge in [0.05, 0.1) is 18.8 Å². The van der Waals surface area contributed by atoms with Crippen molar-refractivity contribution in [1.82, 2.24) is 0 Å². The van der Waals surface area contributed by atoms with Gasteiger partial charge in [-0.3, -0.25) is 10.3 Å². The monoisotopic (exact) mass is 169 g/mol. The number of hydrogen-bond donors (Lipinski definition) is 3. The van der Waals surface area contributed by atoms with Gasteiger partial charge in [0.25, 0.3) is 0 Å². The fourth-order valence-electron chi connectivity index (χ4n) is 0.877. The number of benzene rings is 1. The summed E-state index contributed by atoms with van der Waals surface area (Å²) < 4.78 is 0. The van der Waals surface area contributed by atoms with E-state index in [1.54, 1.807) is 12.1 Å². The molecular weight excluding hydrogens is 158 g/mol. The number of rotatable bonds is 3. The SMILES string of the molecule is OCCN(O)c1cccc(O)c1. The van der Waals surface area contributed by atoms with Crippen LogP contribution in [0.2, 0.25) is 0 Å². The number of nitrogens with zero attached hydrogens (tertiary/aromatic N) is 1. The van der Waals surface area contributed by atoms with Crippen LogP contribution in [0.25, 0.3) is 0 Å². The highest BCUT2D eigenvalue weighted by Crippen LogP contribution is 2.17. The Kier molecular flexibility index (Phi) is 2.90. The topological polar surface area (TPSA) is 63.9 Å². The van der Waals surface area contributed by atoms with Crippen LogP contribution in [0.4, 0.5) is 5.69 Å².